The molecule has 0 aromatic heterocycles. The summed E-state index contributed by atoms with van der Waals surface area (Å²) in [6.45, 7) is 2.60. The van der Waals surface area contributed by atoms with Gasteiger partial charge in [0.05, 0.1) is 13.1 Å². The van der Waals surface area contributed by atoms with E-state index < -0.39 is 0 Å². The summed E-state index contributed by atoms with van der Waals surface area (Å²) in [6.07, 6.45) is 2.75. The molecule has 1 heteroatoms. The van der Waals surface area contributed by atoms with Gasteiger partial charge in [0.2, 0.25) is 0 Å². The highest BCUT2D eigenvalue weighted by Crippen LogP contribution is 2.20. The Morgan fingerprint density at radius 3 is 2.67 bits per heavy atom. The molecule has 1 atom stereocenters. The lowest BCUT2D eigenvalue weighted by Crippen LogP contribution is -2.86. The molecule has 1 fully saturated rings. The monoisotopic (exact) mass is 162 g/mol. The van der Waals surface area contributed by atoms with E-state index in [-0.39, 0.29) is 0 Å². The predicted octanol–water partition coefficient (Wildman–Crippen LogP) is 1.13. The van der Waals surface area contributed by atoms with Gasteiger partial charge in [-0.05, 0) is 18.4 Å². The van der Waals surface area contributed by atoms with Crippen molar-refractivity contribution in [1.82, 2.24) is 0 Å². The van der Waals surface area contributed by atoms with Gasteiger partial charge in [-0.15, -0.1) is 0 Å². The second kappa shape index (κ2) is 3.72. The Morgan fingerprint density at radius 2 is 2.00 bits per heavy atom. The summed E-state index contributed by atoms with van der Waals surface area (Å²) in [4.78, 5) is 0. The zero-order valence-corrected chi connectivity index (χ0v) is 7.37. The SMILES string of the molecule is c1ccc([C@@H]2CCC[NH2+]C2)cc1. The molecule has 0 aliphatic carbocycles. The third-order valence-corrected chi connectivity index (χ3v) is 2.68. The molecule has 64 valence electrons. The summed E-state index contributed by atoms with van der Waals surface area (Å²) in [5, 5.41) is 2.43. The Bertz CT molecular complexity index is 224. The van der Waals surface area contributed by atoms with E-state index in [0.29, 0.717) is 0 Å². The number of hydrogen-bond donors (Lipinski definition) is 1. The van der Waals surface area contributed by atoms with Crippen LogP contribution in [0.5, 0.6) is 0 Å². The van der Waals surface area contributed by atoms with E-state index in [4.69, 9.17) is 0 Å². The normalized spacial score (nSPS) is 23.8. The molecule has 0 radical (unpaired) electrons. The van der Waals surface area contributed by atoms with Crippen molar-refractivity contribution >= 4 is 0 Å². The molecule has 2 N–H and O–H groups in total. The quantitative estimate of drug-likeness (QED) is 0.637. The molecule has 0 spiro atoms. The lowest BCUT2D eigenvalue weighted by atomic mass is 9.92. The van der Waals surface area contributed by atoms with E-state index in [2.05, 4.69) is 35.6 Å². The summed E-state index contributed by atoms with van der Waals surface area (Å²) < 4.78 is 0. The van der Waals surface area contributed by atoms with Crippen LogP contribution in [0.1, 0.15) is 24.3 Å². The molecule has 1 saturated heterocycles. The van der Waals surface area contributed by atoms with Crippen LogP contribution in [0.15, 0.2) is 30.3 Å². The Morgan fingerprint density at radius 1 is 1.17 bits per heavy atom. The van der Waals surface area contributed by atoms with Crippen molar-refractivity contribution in [1.29, 1.82) is 0 Å². The standard InChI is InChI=1S/C11H15N/c1-2-5-10(6-3-1)11-7-4-8-12-9-11/h1-3,5-6,11-12H,4,7-9H2/p+1/t11-/m1/s1. The minimum atomic E-state index is 0.806. The minimum Gasteiger partial charge on any atom is -0.346 e. The highest BCUT2D eigenvalue weighted by atomic mass is 14.9. The van der Waals surface area contributed by atoms with Gasteiger partial charge in [0.1, 0.15) is 0 Å². The lowest BCUT2D eigenvalue weighted by molar-refractivity contribution is -0.664. The first-order chi connectivity index (χ1) is 5.97. The van der Waals surface area contributed by atoms with Crippen LogP contribution in [-0.2, 0) is 0 Å². The third kappa shape index (κ3) is 1.67. The molecule has 2 rings (SSSR count). The van der Waals surface area contributed by atoms with E-state index in [1.807, 2.05) is 0 Å². The number of benzene rings is 1. The van der Waals surface area contributed by atoms with Crippen LogP contribution in [0.4, 0.5) is 0 Å². The summed E-state index contributed by atoms with van der Waals surface area (Å²) in [7, 11) is 0. The van der Waals surface area contributed by atoms with Crippen LogP contribution >= 0.6 is 0 Å². The fraction of sp³-hybridized carbons (Fsp3) is 0.455. The zero-order valence-electron chi connectivity index (χ0n) is 7.37. The number of quaternary nitrogens is 1. The summed E-state index contributed by atoms with van der Waals surface area (Å²) in [6, 6.07) is 10.9. The van der Waals surface area contributed by atoms with Crippen molar-refractivity contribution in [2.24, 2.45) is 0 Å². The molecule has 1 aliphatic heterocycles. The Balaban J connectivity index is 2.08. The van der Waals surface area contributed by atoms with E-state index in [0.717, 1.165) is 5.92 Å². The fourth-order valence-electron chi connectivity index (χ4n) is 1.97. The van der Waals surface area contributed by atoms with Gasteiger partial charge in [0.15, 0.2) is 0 Å². The second-order valence-electron chi connectivity index (χ2n) is 3.56. The van der Waals surface area contributed by atoms with Gasteiger partial charge in [-0.2, -0.15) is 0 Å². The molecule has 1 heterocycles. The Hall–Kier alpha value is -0.820. The Labute approximate surface area is 73.8 Å². The van der Waals surface area contributed by atoms with E-state index in [9.17, 15) is 0 Å². The van der Waals surface area contributed by atoms with Gasteiger partial charge in [-0.1, -0.05) is 30.3 Å². The zero-order chi connectivity index (χ0) is 8.23. The number of piperidine rings is 1. The van der Waals surface area contributed by atoms with Crippen LogP contribution in [0.3, 0.4) is 0 Å². The maximum Gasteiger partial charge on any atom is 0.0825 e. The van der Waals surface area contributed by atoms with Crippen molar-refractivity contribution in [3.05, 3.63) is 35.9 Å². The number of nitrogens with two attached hydrogens (primary N) is 1. The molecule has 1 nitrogen and oxygen atoms in total. The van der Waals surface area contributed by atoms with Crippen LogP contribution < -0.4 is 5.32 Å². The molecule has 0 saturated carbocycles. The average Bonchev–Trinajstić information content (AvgIpc) is 2.21. The molecular formula is C11H16N+. The topological polar surface area (TPSA) is 16.6 Å². The van der Waals surface area contributed by atoms with Crippen molar-refractivity contribution in [3.8, 4) is 0 Å². The van der Waals surface area contributed by atoms with E-state index >= 15 is 0 Å². The average molecular weight is 162 g/mol. The highest BCUT2D eigenvalue weighted by Gasteiger charge is 2.16. The van der Waals surface area contributed by atoms with Crippen molar-refractivity contribution in [2.75, 3.05) is 13.1 Å². The van der Waals surface area contributed by atoms with E-state index in [1.165, 1.54) is 31.5 Å². The van der Waals surface area contributed by atoms with Gasteiger partial charge >= 0.3 is 0 Å². The van der Waals surface area contributed by atoms with Crippen LogP contribution in [-0.4, -0.2) is 13.1 Å². The van der Waals surface area contributed by atoms with Crippen LogP contribution in [0.2, 0.25) is 0 Å². The molecule has 0 unspecified atom stereocenters. The van der Waals surface area contributed by atoms with Gasteiger partial charge < -0.3 is 5.32 Å². The number of rotatable bonds is 1. The molecular weight excluding hydrogens is 146 g/mol. The van der Waals surface area contributed by atoms with Crippen LogP contribution in [0.25, 0.3) is 0 Å². The maximum absolute atomic E-state index is 2.43. The number of hydrogen-bond acceptors (Lipinski definition) is 0. The van der Waals surface area contributed by atoms with Gasteiger partial charge in [-0.3, -0.25) is 0 Å². The molecule has 0 amide bonds. The second-order valence-corrected chi connectivity index (χ2v) is 3.56. The first kappa shape index (κ1) is 7.81. The smallest absolute Gasteiger partial charge is 0.0825 e. The van der Waals surface area contributed by atoms with Crippen molar-refractivity contribution in [3.63, 3.8) is 0 Å². The Kier molecular flexibility index (Phi) is 2.42. The summed E-state index contributed by atoms with van der Waals surface area (Å²) in [5.74, 6) is 0.806. The van der Waals surface area contributed by atoms with Crippen molar-refractivity contribution in [2.45, 2.75) is 18.8 Å². The molecule has 1 aliphatic rings. The summed E-state index contributed by atoms with van der Waals surface area (Å²) in [5.41, 5.74) is 1.52. The molecule has 1 aromatic carbocycles. The minimum absolute atomic E-state index is 0.806. The highest BCUT2D eigenvalue weighted by molar-refractivity contribution is 5.19. The molecule has 0 bridgehead atoms. The largest absolute Gasteiger partial charge is 0.346 e. The third-order valence-electron chi connectivity index (χ3n) is 2.68. The first-order valence-electron chi connectivity index (χ1n) is 4.83. The fourth-order valence-corrected chi connectivity index (χ4v) is 1.97. The predicted molar refractivity (Wildman–Crippen MR) is 50.1 cm³/mol. The van der Waals surface area contributed by atoms with Crippen molar-refractivity contribution < 1.29 is 5.32 Å². The maximum atomic E-state index is 2.43. The molecule has 1 aromatic rings. The van der Waals surface area contributed by atoms with Gasteiger partial charge in [0, 0.05) is 5.92 Å². The lowest BCUT2D eigenvalue weighted by Gasteiger charge is -2.20. The van der Waals surface area contributed by atoms with Crippen LogP contribution in [0, 0.1) is 0 Å². The van der Waals surface area contributed by atoms with E-state index in [1.54, 1.807) is 0 Å². The van der Waals surface area contributed by atoms with Gasteiger partial charge in [0.25, 0.3) is 0 Å². The first-order valence-corrected chi connectivity index (χ1v) is 4.83. The summed E-state index contributed by atoms with van der Waals surface area (Å²) >= 11 is 0. The van der Waals surface area contributed by atoms with Gasteiger partial charge in [-0.25, -0.2) is 0 Å². The molecule has 12 heavy (non-hydrogen) atoms.